The molecule has 351 valence electrons. The second-order valence-electron chi connectivity index (χ2n) is 16.8. The van der Waals surface area contributed by atoms with Gasteiger partial charge in [-0.2, -0.15) is 0 Å². The third-order valence-electron chi connectivity index (χ3n) is 12.1. The van der Waals surface area contributed by atoms with Gasteiger partial charge in [0.2, 0.25) is 0 Å². The Kier molecular flexibility index (Phi) is 14.5. The van der Waals surface area contributed by atoms with Crippen molar-refractivity contribution in [2.45, 2.75) is 25.7 Å². The molecule has 0 amide bonds. The summed E-state index contributed by atoms with van der Waals surface area (Å²) in [6.45, 7) is 0. The average Bonchev–Trinajstić information content (AvgIpc) is 3.38. The number of aromatic nitrogens is 4. The molecule has 0 saturated heterocycles. The first-order chi connectivity index (χ1) is 34.1. The number of hydrogen-bond donors (Lipinski definition) is 0. The van der Waals surface area contributed by atoms with Gasteiger partial charge in [0.15, 0.2) is 5.82 Å². The van der Waals surface area contributed by atoms with Crippen molar-refractivity contribution in [3.8, 4) is 78.4 Å². The van der Waals surface area contributed by atoms with E-state index in [1.807, 2.05) is 48.5 Å². The fourth-order valence-corrected chi connectivity index (χ4v) is 8.55. The Labute approximate surface area is 420 Å². The SMILES string of the molecule is Fc1c[c-]c(-c2cc(-c3ccc(-c4ccccc4)cc3)c(-c3ccc(F)cc3-c3cc(CCc4ccc(-c5[c-]cc(F)cc5F)nc4)cc(CCc4ccc(-c5ncc(F)cc5F)nc4)c3)cn2)cc1.[Ir]. The van der Waals surface area contributed by atoms with Crippen LogP contribution in [-0.2, 0) is 45.8 Å². The number of halogens is 6. The molecule has 0 aliphatic rings. The van der Waals surface area contributed by atoms with Crippen LogP contribution in [0.15, 0.2) is 183 Å². The quantitative estimate of drug-likeness (QED) is 0.0853. The molecule has 6 aromatic carbocycles. The number of hydrogen-bond acceptors (Lipinski definition) is 4. The maximum atomic E-state index is 15.7. The van der Waals surface area contributed by atoms with Crippen LogP contribution in [0.1, 0.15) is 22.3 Å². The van der Waals surface area contributed by atoms with Crippen LogP contribution in [0.5, 0.6) is 0 Å². The summed E-state index contributed by atoms with van der Waals surface area (Å²) in [7, 11) is 0. The van der Waals surface area contributed by atoms with Crippen molar-refractivity contribution in [2.24, 2.45) is 0 Å². The van der Waals surface area contributed by atoms with Crippen molar-refractivity contribution in [1.29, 1.82) is 0 Å². The number of pyridine rings is 4. The van der Waals surface area contributed by atoms with Crippen molar-refractivity contribution in [3.63, 3.8) is 0 Å². The molecular formula is C60H38F6IrN4-2. The minimum atomic E-state index is -0.806. The summed E-state index contributed by atoms with van der Waals surface area (Å²) >= 11 is 0. The molecule has 0 N–H and O–H groups in total. The van der Waals surface area contributed by atoms with Gasteiger partial charge < -0.3 is 9.97 Å². The molecular weight excluding hydrogens is 1080 g/mol. The van der Waals surface area contributed by atoms with Crippen LogP contribution in [0.2, 0.25) is 0 Å². The predicted molar refractivity (Wildman–Crippen MR) is 261 cm³/mol. The Hall–Kier alpha value is -7.85. The maximum absolute atomic E-state index is 15.7. The van der Waals surface area contributed by atoms with Crippen molar-refractivity contribution in [3.05, 3.63) is 252 Å². The molecule has 0 aliphatic heterocycles. The van der Waals surface area contributed by atoms with Gasteiger partial charge in [-0.3, -0.25) is 18.2 Å². The number of nitrogens with zero attached hydrogens (tertiary/aromatic N) is 4. The van der Waals surface area contributed by atoms with E-state index in [1.165, 1.54) is 24.3 Å². The van der Waals surface area contributed by atoms with Gasteiger partial charge in [-0.05, 0) is 116 Å². The molecule has 0 saturated carbocycles. The summed E-state index contributed by atoms with van der Waals surface area (Å²) in [5.74, 6) is -3.89. The molecule has 1 radical (unpaired) electrons. The van der Waals surface area contributed by atoms with Crippen molar-refractivity contribution in [1.82, 2.24) is 19.9 Å². The van der Waals surface area contributed by atoms with Crippen molar-refractivity contribution >= 4 is 0 Å². The van der Waals surface area contributed by atoms with E-state index in [0.29, 0.717) is 48.2 Å². The summed E-state index contributed by atoms with van der Waals surface area (Å²) in [4.78, 5) is 17.6. The zero-order chi connectivity index (χ0) is 48.1. The van der Waals surface area contributed by atoms with E-state index in [0.717, 1.165) is 85.6 Å². The summed E-state index contributed by atoms with van der Waals surface area (Å²) in [5.41, 5.74) is 12.2. The third kappa shape index (κ3) is 11.1. The van der Waals surface area contributed by atoms with Crippen LogP contribution >= 0.6 is 0 Å². The van der Waals surface area contributed by atoms with Gasteiger partial charge in [0.1, 0.15) is 17.3 Å². The molecule has 10 rings (SSSR count). The van der Waals surface area contributed by atoms with Gasteiger partial charge in [-0.1, -0.05) is 115 Å². The van der Waals surface area contributed by atoms with Crippen LogP contribution in [0.3, 0.4) is 0 Å². The Morgan fingerprint density at radius 3 is 1.61 bits per heavy atom. The van der Waals surface area contributed by atoms with E-state index in [4.69, 9.17) is 4.98 Å². The Bertz CT molecular complexity index is 3360. The summed E-state index contributed by atoms with van der Waals surface area (Å²) in [6, 6.07) is 50.8. The molecule has 0 bridgehead atoms. The molecule has 0 spiro atoms. The molecule has 4 nitrogen and oxygen atoms in total. The predicted octanol–water partition coefficient (Wildman–Crippen LogP) is 14.9. The third-order valence-corrected chi connectivity index (χ3v) is 12.1. The number of aryl methyl sites for hydroxylation is 4. The van der Waals surface area contributed by atoms with E-state index < -0.39 is 34.9 Å². The topological polar surface area (TPSA) is 51.6 Å². The van der Waals surface area contributed by atoms with Crippen LogP contribution in [0.4, 0.5) is 26.3 Å². The van der Waals surface area contributed by atoms with Gasteiger partial charge >= 0.3 is 0 Å². The van der Waals surface area contributed by atoms with Crippen LogP contribution in [0, 0.1) is 47.0 Å². The summed E-state index contributed by atoms with van der Waals surface area (Å²) in [5, 5.41) is 0. The minimum Gasteiger partial charge on any atom is -0.304 e. The van der Waals surface area contributed by atoms with Crippen LogP contribution in [-0.4, -0.2) is 19.9 Å². The molecule has 0 aliphatic carbocycles. The second-order valence-corrected chi connectivity index (χ2v) is 16.8. The number of benzene rings is 6. The summed E-state index contributed by atoms with van der Waals surface area (Å²) < 4.78 is 86.0. The van der Waals surface area contributed by atoms with E-state index in [9.17, 15) is 22.0 Å². The Morgan fingerprint density at radius 1 is 0.352 bits per heavy atom. The van der Waals surface area contributed by atoms with E-state index >= 15 is 4.39 Å². The fraction of sp³-hybridized carbons (Fsp3) is 0.0667. The maximum Gasteiger partial charge on any atom is 0.153 e. The van der Waals surface area contributed by atoms with Crippen LogP contribution in [0.25, 0.3) is 78.4 Å². The zero-order valence-corrected chi connectivity index (χ0v) is 39.9. The molecule has 10 aromatic rings. The van der Waals surface area contributed by atoms with Gasteiger partial charge in [0, 0.05) is 67.8 Å². The van der Waals surface area contributed by atoms with E-state index in [1.54, 1.807) is 42.9 Å². The molecule has 0 unspecified atom stereocenters. The molecule has 11 heteroatoms. The second kappa shape index (κ2) is 21.4. The minimum absolute atomic E-state index is 0. The van der Waals surface area contributed by atoms with E-state index in [2.05, 4.69) is 69.5 Å². The first-order valence-electron chi connectivity index (χ1n) is 22.5. The molecule has 4 heterocycles. The van der Waals surface area contributed by atoms with Gasteiger partial charge in [-0.25, -0.2) is 18.2 Å². The molecule has 0 atom stereocenters. The monoisotopic (exact) mass is 1120 g/mol. The molecule has 71 heavy (non-hydrogen) atoms. The largest absolute Gasteiger partial charge is 0.304 e. The van der Waals surface area contributed by atoms with E-state index in [-0.39, 0.29) is 37.1 Å². The van der Waals surface area contributed by atoms with Crippen LogP contribution < -0.4 is 0 Å². The molecule has 0 fully saturated rings. The van der Waals surface area contributed by atoms with Gasteiger partial charge in [0.05, 0.1) is 11.9 Å². The molecule has 4 aromatic heterocycles. The smallest absolute Gasteiger partial charge is 0.153 e. The van der Waals surface area contributed by atoms with Crippen molar-refractivity contribution in [2.75, 3.05) is 0 Å². The Balaban J connectivity index is 0.00000624. The number of rotatable bonds is 13. The standard InChI is InChI=1S/C60H38F6N4.Ir/c61-46-18-16-44(17-19-46)59-32-53(43-14-12-42(13-15-43)41-4-2-1-3-5-41)54(36-69-59)50-22-20-47(62)29-52(50)45-27-39(8-6-37-10-24-57(67-33-37)51-23-21-48(63)30-55(51)65)26-40(28-45)9-7-38-11-25-58(68-34-38)60-56(66)31-49(64)35-70-60;/h1-5,10-16,18-22,24-36H,6-9H2;/q-2;. The average molecular weight is 1120 g/mol. The van der Waals surface area contributed by atoms with Crippen molar-refractivity contribution < 1.29 is 46.4 Å². The zero-order valence-electron chi connectivity index (χ0n) is 37.5. The van der Waals surface area contributed by atoms with Gasteiger partial charge in [-0.15, -0.1) is 42.0 Å². The fourth-order valence-electron chi connectivity index (χ4n) is 8.55. The first kappa shape index (κ1) is 48.2. The van der Waals surface area contributed by atoms with Gasteiger partial charge in [0.25, 0.3) is 0 Å². The first-order valence-corrected chi connectivity index (χ1v) is 22.5. The normalized spacial score (nSPS) is 11.1. The summed E-state index contributed by atoms with van der Waals surface area (Å²) in [6.07, 6.45) is 8.29. The Morgan fingerprint density at radius 2 is 0.958 bits per heavy atom.